The molecule has 4 aromatic carbocycles. The van der Waals surface area contributed by atoms with Crippen LogP contribution in [0.1, 0.15) is 54.3 Å². The summed E-state index contributed by atoms with van der Waals surface area (Å²) < 4.78 is 23.1. The van der Waals surface area contributed by atoms with Crippen LogP contribution in [0.25, 0.3) is 0 Å². The largest absolute Gasteiger partial charge is 0.491 e. The number of morpholine rings is 1. The first-order valence-corrected chi connectivity index (χ1v) is 19.1. The van der Waals surface area contributed by atoms with Gasteiger partial charge in [0.25, 0.3) is 0 Å². The smallest absolute Gasteiger partial charge is 0.329 e. The molecule has 2 N–H and O–H groups in total. The average Bonchev–Trinajstić information content (AvgIpc) is 3.70. The maximum atomic E-state index is 16.0. The van der Waals surface area contributed by atoms with Gasteiger partial charge in [-0.15, -0.1) is 0 Å². The lowest BCUT2D eigenvalue weighted by atomic mass is 9.65. The summed E-state index contributed by atoms with van der Waals surface area (Å²) in [4.78, 5) is 76.0. The maximum absolute atomic E-state index is 16.0. The molecule has 58 heavy (non-hydrogen) atoms. The molecule has 0 saturated carbocycles. The molecule has 7 unspecified atom stereocenters. The van der Waals surface area contributed by atoms with Gasteiger partial charge in [-0.2, -0.15) is 0 Å². The Kier molecular flexibility index (Phi) is 11.5. The fourth-order valence-corrected chi connectivity index (χ4v) is 8.82. The van der Waals surface area contributed by atoms with Gasteiger partial charge >= 0.3 is 23.9 Å². The number of carbonyl (C=O) groups is 5. The van der Waals surface area contributed by atoms with Gasteiger partial charge < -0.3 is 29.4 Å². The fourth-order valence-electron chi connectivity index (χ4n) is 8.82. The van der Waals surface area contributed by atoms with Crippen molar-refractivity contribution in [3.63, 3.8) is 0 Å². The maximum Gasteiger partial charge on any atom is 0.329 e. The van der Waals surface area contributed by atoms with Gasteiger partial charge in [0.1, 0.15) is 48.5 Å². The molecule has 1 spiro atoms. The second kappa shape index (κ2) is 16.7. The van der Waals surface area contributed by atoms with Crippen LogP contribution in [0.3, 0.4) is 0 Å². The number of anilines is 1. The number of benzene rings is 4. The monoisotopic (exact) mass is 787 g/mol. The van der Waals surface area contributed by atoms with Gasteiger partial charge in [0, 0.05) is 0 Å². The van der Waals surface area contributed by atoms with E-state index in [1.807, 2.05) is 65.6 Å². The second-order valence-corrected chi connectivity index (χ2v) is 14.7. The first kappa shape index (κ1) is 39.9. The number of cyclic esters (lactones) is 1. The molecule has 0 radical (unpaired) electrons. The van der Waals surface area contributed by atoms with Gasteiger partial charge in [-0.25, -0.2) is 14.5 Å². The first-order chi connectivity index (χ1) is 28.1. The number of carbonyl (C=O) groups excluding carboxylic acids is 5. The number of hydrogen-bond donors (Lipinski definition) is 2. The molecule has 300 valence electrons. The van der Waals surface area contributed by atoms with E-state index in [1.54, 1.807) is 62.4 Å². The molecule has 3 aliphatic rings. The molecule has 0 aliphatic carbocycles. The zero-order valence-corrected chi connectivity index (χ0v) is 32.4. The van der Waals surface area contributed by atoms with Crippen molar-refractivity contribution in [2.45, 2.75) is 49.5 Å². The zero-order chi connectivity index (χ0) is 41.1. The number of aliphatic hydroxyl groups excluding tert-OH is 1. The number of nitrogens with one attached hydrogen (secondary N) is 1. The van der Waals surface area contributed by atoms with Crippen molar-refractivity contribution in [1.29, 1.82) is 0 Å². The van der Waals surface area contributed by atoms with E-state index in [0.29, 0.717) is 16.9 Å². The number of amides is 3. The number of para-hydroxylation sites is 1. The Morgan fingerprint density at radius 2 is 1.55 bits per heavy atom. The predicted octanol–water partition coefficient (Wildman–Crippen LogP) is 5.36. The summed E-state index contributed by atoms with van der Waals surface area (Å²) in [6, 6.07) is 26.7. The fraction of sp³-hybridized carbons (Fsp3) is 0.311. The number of ether oxygens (including phenoxy) is 4. The van der Waals surface area contributed by atoms with E-state index in [2.05, 4.69) is 11.9 Å². The summed E-state index contributed by atoms with van der Waals surface area (Å²) in [7, 11) is 1.21. The normalized spacial score (nSPS) is 24.1. The number of fused-ring (bicyclic) bond motifs is 3. The van der Waals surface area contributed by atoms with Crippen LogP contribution in [-0.2, 0) is 38.8 Å². The highest BCUT2D eigenvalue weighted by Crippen LogP contribution is 2.66. The van der Waals surface area contributed by atoms with Crippen LogP contribution in [0.2, 0.25) is 0 Å². The van der Waals surface area contributed by atoms with Gasteiger partial charge in [-0.3, -0.25) is 19.3 Å². The summed E-state index contributed by atoms with van der Waals surface area (Å²) in [6.45, 7) is 6.65. The van der Waals surface area contributed by atoms with Crippen LogP contribution < -0.4 is 15.0 Å². The Balaban J connectivity index is 1.54. The minimum atomic E-state index is -2.03. The molecule has 2 fully saturated rings. The van der Waals surface area contributed by atoms with E-state index in [1.165, 1.54) is 13.2 Å². The predicted molar refractivity (Wildman–Crippen MR) is 211 cm³/mol. The van der Waals surface area contributed by atoms with Crippen LogP contribution >= 0.6 is 0 Å². The van der Waals surface area contributed by atoms with E-state index < -0.39 is 77.4 Å². The number of methoxy groups -OCH3 is 1. The summed E-state index contributed by atoms with van der Waals surface area (Å²) in [5.74, 6) is -4.83. The average molecular weight is 788 g/mol. The molecule has 4 aromatic rings. The van der Waals surface area contributed by atoms with Gasteiger partial charge in [0.2, 0.25) is 5.91 Å². The number of urea groups is 1. The highest BCUT2D eigenvalue weighted by atomic mass is 16.6. The first-order valence-electron chi connectivity index (χ1n) is 19.1. The van der Waals surface area contributed by atoms with Crippen molar-refractivity contribution in [3.8, 4) is 5.75 Å². The van der Waals surface area contributed by atoms with E-state index in [9.17, 15) is 24.3 Å². The number of nitrogens with zero attached hydrogens (tertiary/aromatic N) is 2. The van der Waals surface area contributed by atoms with Crippen molar-refractivity contribution >= 4 is 35.5 Å². The van der Waals surface area contributed by atoms with Crippen LogP contribution in [-0.4, -0.2) is 78.9 Å². The molecule has 3 aliphatic heterocycles. The third kappa shape index (κ3) is 6.69. The summed E-state index contributed by atoms with van der Waals surface area (Å²) >= 11 is 0. The molecule has 13 heteroatoms. The Hall–Kier alpha value is -6.31. The summed E-state index contributed by atoms with van der Waals surface area (Å²) in [6.07, 6.45) is 0.471. The van der Waals surface area contributed by atoms with Crippen LogP contribution in [0.5, 0.6) is 5.75 Å². The zero-order valence-electron chi connectivity index (χ0n) is 32.4. The third-order valence-corrected chi connectivity index (χ3v) is 11.1. The topological polar surface area (TPSA) is 161 Å². The van der Waals surface area contributed by atoms with Crippen LogP contribution in [0.15, 0.2) is 122 Å². The van der Waals surface area contributed by atoms with Crippen molar-refractivity contribution in [3.05, 3.63) is 144 Å². The minimum Gasteiger partial charge on any atom is -0.491 e. The molecular formula is C45H45N3O10. The van der Waals surface area contributed by atoms with Crippen molar-refractivity contribution in [1.82, 2.24) is 10.2 Å². The Morgan fingerprint density at radius 3 is 2.21 bits per heavy atom. The molecule has 7 atom stereocenters. The van der Waals surface area contributed by atoms with Gasteiger partial charge in [0.05, 0.1) is 31.5 Å². The van der Waals surface area contributed by atoms with Gasteiger partial charge in [-0.1, -0.05) is 117 Å². The standard InChI is InChI=1S/C45H45N3O10/c1-5-24-57-40(50)34-37-42(52)58-38(29-17-10-7-11-18-29)36(28-15-8-6-9-16-28)48(37)39(30-19-14-20-31(26-30)56-25-23-49)45(34)32-21-12-13-22-33(32)47(43(45)53)44(54)46-35(27(2)3)41(51)55-4/h5-22,26-27,34-39,49H,1,23-25H2,2-4H3,(H,46,54). The number of hydrogen-bond acceptors (Lipinski definition) is 11. The van der Waals surface area contributed by atoms with E-state index >= 15 is 4.79 Å². The highest BCUT2D eigenvalue weighted by molar-refractivity contribution is 6.24. The molecule has 3 amide bonds. The number of aliphatic hydroxyl groups is 1. The lowest BCUT2D eigenvalue weighted by Gasteiger charge is -2.46. The number of rotatable bonds is 12. The van der Waals surface area contributed by atoms with E-state index in [4.69, 9.17) is 18.9 Å². The Bertz CT molecular complexity index is 2200. The quantitative estimate of drug-likeness (QED) is 0.108. The number of esters is 3. The number of imide groups is 1. The molecule has 3 heterocycles. The summed E-state index contributed by atoms with van der Waals surface area (Å²) in [5, 5.41) is 12.3. The van der Waals surface area contributed by atoms with Crippen molar-refractivity contribution < 1.29 is 48.0 Å². The SMILES string of the molecule is C=CCOC(=O)C1C2C(=O)OC(c3ccccc3)C(c3ccccc3)N2C(c2cccc(OCCO)c2)C12C(=O)N(C(=O)NC(C(=O)OC)C(C)C)c1ccccc12. The molecule has 2 saturated heterocycles. The van der Waals surface area contributed by atoms with E-state index in [-0.39, 0.29) is 31.1 Å². The van der Waals surface area contributed by atoms with Crippen LogP contribution in [0.4, 0.5) is 10.5 Å². The Morgan fingerprint density at radius 1 is 0.897 bits per heavy atom. The summed E-state index contributed by atoms with van der Waals surface area (Å²) in [5.41, 5.74) is 0.292. The van der Waals surface area contributed by atoms with E-state index in [0.717, 1.165) is 10.5 Å². The third-order valence-electron chi connectivity index (χ3n) is 11.1. The minimum absolute atomic E-state index is 0.0237. The molecular weight excluding hydrogens is 743 g/mol. The van der Waals surface area contributed by atoms with Crippen molar-refractivity contribution in [2.75, 3.05) is 31.8 Å². The van der Waals surface area contributed by atoms with Gasteiger partial charge in [0.15, 0.2) is 0 Å². The molecule has 13 nitrogen and oxygen atoms in total. The van der Waals surface area contributed by atoms with Gasteiger partial charge in [-0.05, 0) is 46.4 Å². The molecule has 0 bridgehead atoms. The lowest BCUT2D eigenvalue weighted by Crippen LogP contribution is -2.56. The Labute approximate surface area is 336 Å². The second-order valence-electron chi connectivity index (χ2n) is 14.7. The molecule has 0 aromatic heterocycles. The lowest BCUT2D eigenvalue weighted by molar-refractivity contribution is -0.180. The molecule has 7 rings (SSSR count). The highest BCUT2D eigenvalue weighted by Gasteiger charge is 2.76. The van der Waals surface area contributed by atoms with Crippen molar-refractivity contribution in [2.24, 2.45) is 11.8 Å². The van der Waals surface area contributed by atoms with Crippen LogP contribution in [0, 0.1) is 11.8 Å².